The number of rotatable bonds is 3. The second-order valence-electron chi connectivity index (χ2n) is 6.29. The van der Waals surface area contributed by atoms with Crippen molar-refractivity contribution >= 4 is 0 Å². The molecule has 0 bridgehead atoms. The Bertz CT molecular complexity index is 481. The van der Waals surface area contributed by atoms with E-state index in [0.29, 0.717) is 12.3 Å². The Morgan fingerprint density at radius 3 is 2.84 bits per heavy atom. The van der Waals surface area contributed by atoms with Crippen molar-refractivity contribution < 1.29 is 5.11 Å². The van der Waals surface area contributed by atoms with Gasteiger partial charge in [0.1, 0.15) is 0 Å². The summed E-state index contributed by atoms with van der Waals surface area (Å²) >= 11 is 0. The highest BCUT2D eigenvalue weighted by Gasteiger charge is 2.40. The molecule has 4 heteroatoms. The van der Waals surface area contributed by atoms with E-state index in [1.165, 1.54) is 0 Å². The van der Waals surface area contributed by atoms with Gasteiger partial charge in [0, 0.05) is 12.3 Å². The number of aliphatic hydroxyl groups excluding tert-OH is 1. The number of hydrogen-bond acceptors (Lipinski definition) is 3. The van der Waals surface area contributed by atoms with E-state index >= 15 is 0 Å². The molecule has 3 unspecified atom stereocenters. The Kier molecular flexibility index (Phi) is 4.09. The van der Waals surface area contributed by atoms with Crippen LogP contribution in [0.3, 0.4) is 0 Å². The van der Waals surface area contributed by atoms with Gasteiger partial charge in [0.25, 0.3) is 5.56 Å². The minimum atomic E-state index is -0.317. The van der Waals surface area contributed by atoms with Crippen LogP contribution in [0.4, 0.5) is 0 Å². The van der Waals surface area contributed by atoms with Crippen LogP contribution in [0.15, 0.2) is 23.1 Å². The largest absolute Gasteiger partial charge is 0.393 e. The van der Waals surface area contributed by atoms with Gasteiger partial charge in [-0.05, 0) is 36.7 Å². The van der Waals surface area contributed by atoms with E-state index in [2.05, 4.69) is 25.9 Å². The lowest BCUT2D eigenvalue weighted by molar-refractivity contribution is 0.0153. The minimum absolute atomic E-state index is 0.00685. The fourth-order valence-electron chi connectivity index (χ4n) is 3.19. The zero-order chi connectivity index (χ0) is 14.0. The van der Waals surface area contributed by atoms with Gasteiger partial charge in [0.05, 0.1) is 12.1 Å². The van der Waals surface area contributed by atoms with Crippen molar-refractivity contribution in [2.75, 3.05) is 0 Å². The van der Waals surface area contributed by atoms with Gasteiger partial charge in [-0.3, -0.25) is 4.79 Å². The molecule has 0 aromatic carbocycles. The van der Waals surface area contributed by atoms with Crippen LogP contribution in [-0.2, 0) is 0 Å². The lowest BCUT2D eigenvalue weighted by Crippen LogP contribution is -2.42. The molecule has 1 N–H and O–H groups in total. The molecule has 1 aromatic heterocycles. The Morgan fingerprint density at radius 1 is 1.47 bits per heavy atom. The van der Waals surface area contributed by atoms with Crippen molar-refractivity contribution in [3.8, 4) is 0 Å². The number of hydrogen-bond donors (Lipinski definition) is 1. The highest BCUT2D eigenvalue weighted by Crippen LogP contribution is 2.45. The summed E-state index contributed by atoms with van der Waals surface area (Å²) in [5.74, 6) is 0.383. The molecular weight excluding hydrogens is 240 g/mol. The quantitative estimate of drug-likeness (QED) is 0.912. The molecule has 0 amide bonds. The van der Waals surface area contributed by atoms with Gasteiger partial charge < -0.3 is 5.11 Å². The van der Waals surface area contributed by atoms with E-state index in [9.17, 15) is 9.90 Å². The number of aromatic nitrogens is 2. The molecule has 1 fully saturated rings. The Hall–Kier alpha value is -1.16. The summed E-state index contributed by atoms with van der Waals surface area (Å²) in [6.45, 7) is 6.68. The summed E-state index contributed by atoms with van der Waals surface area (Å²) in [5.41, 5.74) is 0.0837. The highest BCUT2D eigenvalue weighted by molar-refractivity contribution is 4.94. The van der Waals surface area contributed by atoms with Gasteiger partial charge in [-0.25, -0.2) is 4.68 Å². The molecule has 1 aromatic rings. The van der Waals surface area contributed by atoms with Crippen LogP contribution < -0.4 is 5.56 Å². The molecule has 0 aliphatic heterocycles. The highest BCUT2D eigenvalue weighted by atomic mass is 16.3. The molecule has 1 saturated carbocycles. The maximum absolute atomic E-state index is 12.0. The van der Waals surface area contributed by atoms with Crippen LogP contribution in [0.2, 0.25) is 0 Å². The topological polar surface area (TPSA) is 55.1 Å². The van der Waals surface area contributed by atoms with Gasteiger partial charge >= 0.3 is 0 Å². The van der Waals surface area contributed by atoms with Crippen LogP contribution in [0.25, 0.3) is 0 Å². The van der Waals surface area contributed by atoms with E-state index in [-0.39, 0.29) is 23.1 Å². The zero-order valence-electron chi connectivity index (χ0n) is 12.0. The third-order valence-corrected chi connectivity index (χ3v) is 4.76. The van der Waals surface area contributed by atoms with Crippen LogP contribution in [0.5, 0.6) is 0 Å². The Morgan fingerprint density at radius 2 is 2.21 bits per heavy atom. The minimum Gasteiger partial charge on any atom is -0.393 e. The van der Waals surface area contributed by atoms with Crippen molar-refractivity contribution in [2.24, 2.45) is 11.3 Å². The van der Waals surface area contributed by atoms with Gasteiger partial charge in [0.2, 0.25) is 0 Å². The molecule has 1 heterocycles. The second-order valence-corrected chi connectivity index (χ2v) is 6.29. The summed E-state index contributed by atoms with van der Waals surface area (Å²) in [6, 6.07) is 3.22. The third-order valence-electron chi connectivity index (χ3n) is 4.76. The maximum Gasteiger partial charge on any atom is 0.266 e. The summed E-state index contributed by atoms with van der Waals surface area (Å²) in [5, 5.41) is 14.2. The van der Waals surface area contributed by atoms with E-state index in [4.69, 9.17) is 0 Å². The standard InChI is InChI=1S/C15H24N2O2/c1-4-15(2,3)12-8-7-11(18)10-13(12)17-14(19)6-5-9-16-17/h5-6,9,11-13,18H,4,7-8,10H2,1-3H3. The van der Waals surface area contributed by atoms with Gasteiger partial charge in [-0.15, -0.1) is 0 Å². The molecule has 1 aliphatic rings. The van der Waals surface area contributed by atoms with E-state index in [0.717, 1.165) is 19.3 Å². The number of aliphatic hydroxyl groups is 1. The Balaban J connectivity index is 2.38. The first-order valence-electron chi connectivity index (χ1n) is 7.17. The fraction of sp³-hybridized carbons (Fsp3) is 0.733. The summed E-state index contributed by atoms with van der Waals surface area (Å²) < 4.78 is 1.57. The molecule has 0 saturated heterocycles. The molecule has 2 rings (SSSR count). The van der Waals surface area contributed by atoms with Crippen molar-refractivity contribution in [1.82, 2.24) is 9.78 Å². The molecular formula is C15H24N2O2. The van der Waals surface area contributed by atoms with Crippen LogP contribution in [-0.4, -0.2) is 21.0 Å². The molecule has 106 valence electrons. The summed E-state index contributed by atoms with van der Waals surface area (Å²) in [6.07, 6.45) is 4.81. The maximum atomic E-state index is 12.0. The first kappa shape index (κ1) is 14.3. The van der Waals surface area contributed by atoms with Gasteiger partial charge in [0.15, 0.2) is 0 Å². The molecule has 3 atom stereocenters. The number of nitrogens with zero attached hydrogens (tertiary/aromatic N) is 2. The van der Waals surface area contributed by atoms with Crippen LogP contribution in [0.1, 0.15) is 52.5 Å². The van der Waals surface area contributed by atoms with Crippen LogP contribution in [0, 0.1) is 11.3 Å². The molecule has 0 spiro atoms. The average Bonchev–Trinajstić information content (AvgIpc) is 2.39. The van der Waals surface area contributed by atoms with Crippen molar-refractivity contribution in [2.45, 2.75) is 58.6 Å². The predicted octanol–water partition coefficient (Wildman–Crippen LogP) is 2.38. The summed E-state index contributed by atoms with van der Waals surface area (Å²) in [4.78, 5) is 12.0. The lowest BCUT2D eigenvalue weighted by Gasteiger charge is -2.43. The zero-order valence-corrected chi connectivity index (χ0v) is 12.0. The molecule has 4 nitrogen and oxygen atoms in total. The van der Waals surface area contributed by atoms with E-state index in [1.807, 2.05) is 0 Å². The lowest BCUT2D eigenvalue weighted by atomic mass is 9.66. The average molecular weight is 264 g/mol. The monoisotopic (exact) mass is 264 g/mol. The SMILES string of the molecule is CCC(C)(C)C1CCC(O)CC1n1ncccc1=O. The molecule has 0 radical (unpaired) electrons. The second kappa shape index (κ2) is 5.45. The summed E-state index contributed by atoms with van der Waals surface area (Å²) in [7, 11) is 0. The van der Waals surface area contributed by atoms with Crippen molar-refractivity contribution in [3.05, 3.63) is 28.7 Å². The Labute approximate surface area is 114 Å². The van der Waals surface area contributed by atoms with Crippen LogP contribution >= 0.6 is 0 Å². The molecule has 19 heavy (non-hydrogen) atoms. The first-order chi connectivity index (χ1) is 8.95. The third kappa shape index (κ3) is 2.89. The van der Waals surface area contributed by atoms with E-state index in [1.54, 1.807) is 23.0 Å². The van der Waals surface area contributed by atoms with E-state index < -0.39 is 0 Å². The smallest absolute Gasteiger partial charge is 0.266 e. The first-order valence-corrected chi connectivity index (χ1v) is 7.17. The van der Waals surface area contributed by atoms with Gasteiger partial charge in [-0.2, -0.15) is 5.10 Å². The van der Waals surface area contributed by atoms with Gasteiger partial charge in [-0.1, -0.05) is 27.2 Å². The van der Waals surface area contributed by atoms with Crippen molar-refractivity contribution in [1.29, 1.82) is 0 Å². The molecule has 1 aliphatic carbocycles. The van der Waals surface area contributed by atoms with Crippen molar-refractivity contribution in [3.63, 3.8) is 0 Å². The normalized spacial score (nSPS) is 28.3. The fourth-order valence-corrected chi connectivity index (χ4v) is 3.19. The predicted molar refractivity (Wildman–Crippen MR) is 75.0 cm³/mol.